The van der Waals surface area contributed by atoms with Gasteiger partial charge >= 0.3 is 11.9 Å². The average Bonchev–Trinajstić information content (AvgIpc) is 2.89. The number of unbranched alkanes of at least 4 members (excludes halogenated alkanes) is 18. The topological polar surface area (TPSA) is 107 Å². The van der Waals surface area contributed by atoms with Crippen molar-refractivity contribution in [3.05, 3.63) is 0 Å². The van der Waals surface area contributed by atoms with E-state index in [0.717, 1.165) is 32.6 Å². The normalized spacial score (nSPS) is 11.9. The second kappa shape index (κ2) is 28.8. The largest absolute Gasteiger partial charge is 0.466 e. The zero-order valence-corrected chi connectivity index (χ0v) is 26.0. The standard InChI is InChI=1S/C15H30O5S.C15H30O2/c1-3-4-5-6-7-8-9-10-11-12-13-20-15(16)14(2)21(17,18)19;1-3-5-6-7-8-9-10-11-12-13-14-17-15(16)4-2/h14H,3-13H2,1-2H3,(H,17,18,19);3-14H2,1-2H3. The summed E-state index contributed by atoms with van der Waals surface area (Å²) in [6.07, 6.45) is 25.5. The summed E-state index contributed by atoms with van der Waals surface area (Å²) in [4.78, 5) is 22.1. The molecular weight excluding hydrogens is 504 g/mol. The van der Waals surface area contributed by atoms with Crippen LogP contribution >= 0.6 is 0 Å². The molecule has 1 atom stereocenters. The van der Waals surface area contributed by atoms with Gasteiger partial charge in [0, 0.05) is 6.42 Å². The van der Waals surface area contributed by atoms with Crippen molar-refractivity contribution >= 4 is 22.1 Å². The van der Waals surface area contributed by atoms with E-state index in [1.54, 1.807) is 0 Å². The monoisotopic (exact) mass is 564 g/mol. The Hall–Kier alpha value is -1.15. The van der Waals surface area contributed by atoms with Gasteiger partial charge in [-0.25, -0.2) is 0 Å². The number of carbonyl (C=O) groups is 2. The number of hydrogen-bond donors (Lipinski definition) is 1. The van der Waals surface area contributed by atoms with E-state index in [2.05, 4.69) is 13.8 Å². The van der Waals surface area contributed by atoms with E-state index >= 15 is 0 Å². The van der Waals surface area contributed by atoms with Crippen molar-refractivity contribution in [2.24, 2.45) is 0 Å². The summed E-state index contributed by atoms with van der Waals surface area (Å²) in [5, 5.41) is -1.50. The molecule has 8 heteroatoms. The van der Waals surface area contributed by atoms with Crippen LogP contribution in [0, 0.1) is 0 Å². The van der Waals surface area contributed by atoms with Gasteiger partial charge < -0.3 is 9.47 Å². The van der Waals surface area contributed by atoms with Crippen LogP contribution in [0.5, 0.6) is 0 Å². The molecule has 228 valence electrons. The summed E-state index contributed by atoms with van der Waals surface area (Å²) >= 11 is 0. The van der Waals surface area contributed by atoms with Crippen molar-refractivity contribution in [2.75, 3.05) is 13.2 Å². The van der Waals surface area contributed by atoms with Crippen LogP contribution in [0.3, 0.4) is 0 Å². The molecule has 0 aromatic rings. The zero-order valence-electron chi connectivity index (χ0n) is 25.1. The van der Waals surface area contributed by atoms with Crippen molar-refractivity contribution in [1.82, 2.24) is 0 Å². The fraction of sp³-hybridized carbons (Fsp3) is 0.933. The van der Waals surface area contributed by atoms with Gasteiger partial charge in [-0.3, -0.25) is 14.1 Å². The van der Waals surface area contributed by atoms with E-state index in [1.165, 1.54) is 103 Å². The molecule has 0 radical (unpaired) electrons. The molecule has 0 heterocycles. The first-order valence-electron chi connectivity index (χ1n) is 15.5. The molecule has 38 heavy (non-hydrogen) atoms. The summed E-state index contributed by atoms with van der Waals surface area (Å²) < 4.78 is 40.0. The molecule has 7 nitrogen and oxygen atoms in total. The first-order chi connectivity index (χ1) is 18.2. The molecule has 0 bridgehead atoms. The number of hydrogen-bond acceptors (Lipinski definition) is 6. The second-order valence-electron chi connectivity index (χ2n) is 10.3. The maximum Gasteiger partial charge on any atom is 0.326 e. The van der Waals surface area contributed by atoms with Gasteiger partial charge in [0.15, 0.2) is 5.25 Å². The molecule has 0 aliphatic rings. The SMILES string of the molecule is CCCCCCCCCCCCOC(=O)C(C)S(=O)(=O)O.CCCCCCCCCCCCOC(=O)CC. The fourth-order valence-electron chi connectivity index (χ4n) is 3.88. The fourth-order valence-corrected chi connectivity index (χ4v) is 4.19. The summed E-state index contributed by atoms with van der Waals surface area (Å²) in [5.74, 6) is -0.950. The third-order valence-corrected chi connectivity index (χ3v) is 7.66. The summed E-state index contributed by atoms with van der Waals surface area (Å²) in [5.41, 5.74) is 0. The third-order valence-electron chi connectivity index (χ3n) is 6.57. The van der Waals surface area contributed by atoms with Gasteiger partial charge in [0.1, 0.15) is 0 Å². The van der Waals surface area contributed by atoms with Gasteiger partial charge in [-0.1, -0.05) is 136 Å². The van der Waals surface area contributed by atoms with Crippen molar-refractivity contribution in [1.29, 1.82) is 0 Å². The maximum absolute atomic E-state index is 11.3. The molecule has 0 rings (SSSR count). The van der Waals surface area contributed by atoms with Crippen LogP contribution in [0.25, 0.3) is 0 Å². The molecule has 1 unspecified atom stereocenters. The van der Waals surface area contributed by atoms with Gasteiger partial charge in [0.2, 0.25) is 0 Å². The van der Waals surface area contributed by atoms with Crippen LogP contribution in [0.15, 0.2) is 0 Å². The lowest BCUT2D eigenvalue weighted by Gasteiger charge is -2.08. The van der Waals surface area contributed by atoms with Gasteiger partial charge in [-0.05, 0) is 19.8 Å². The first kappa shape index (κ1) is 39.0. The van der Waals surface area contributed by atoms with Crippen LogP contribution < -0.4 is 0 Å². The van der Waals surface area contributed by atoms with Gasteiger partial charge in [0.05, 0.1) is 13.2 Å². The van der Waals surface area contributed by atoms with Crippen molar-refractivity contribution in [3.63, 3.8) is 0 Å². The molecule has 0 amide bonds. The Kier molecular flexibility index (Phi) is 29.6. The molecule has 0 aromatic heterocycles. The van der Waals surface area contributed by atoms with E-state index < -0.39 is 21.3 Å². The van der Waals surface area contributed by atoms with Crippen LogP contribution in [0.1, 0.15) is 163 Å². The van der Waals surface area contributed by atoms with E-state index in [0.29, 0.717) is 13.0 Å². The van der Waals surface area contributed by atoms with E-state index in [4.69, 9.17) is 14.0 Å². The quantitative estimate of drug-likeness (QED) is 0.0672. The third kappa shape index (κ3) is 29.4. The van der Waals surface area contributed by atoms with E-state index in [9.17, 15) is 18.0 Å². The Balaban J connectivity index is 0. The predicted molar refractivity (Wildman–Crippen MR) is 157 cm³/mol. The number of carbonyl (C=O) groups excluding carboxylic acids is 2. The highest BCUT2D eigenvalue weighted by molar-refractivity contribution is 7.87. The Morgan fingerprint density at radius 1 is 0.579 bits per heavy atom. The van der Waals surface area contributed by atoms with E-state index in [1.807, 2.05) is 6.92 Å². The molecular formula is C30H60O7S. The molecule has 0 aliphatic carbocycles. The second-order valence-corrected chi connectivity index (χ2v) is 12.0. The lowest BCUT2D eigenvalue weighted by Crippen LogP contribution is -2.28. The van der Waals surface area contributed by atoms with Crippen molar-refractivity contribution in [3.8, 4) is 0 Å². The molecule has 0 aromatic carbocycles. The Bertz CT molecular complexity index is 635. The lowest BCUT2D eigenvalue weighted by molar-refractivity contribution is -0.144. The zero-order chi connectivity index (χ0) is 28.9. The smallest absolute Gasteiger partial charge is 0.326 e. The van der Waals surface area contributed by atoms with Crippen LogP contribution in [0.4, 0.5) is 0 Å². The van der Waals surface area contributed by atoms with Crippen LogP contribution in [-0.4, -0.2) is 43.4 Å². The lowest BCUT2D eigenvalue weighted by atomic mass is 10.1. The molecule has 0 saturated heterocycles. The number of ether oxygens (including phenoxy) is 2. The Labute approximate surface area is 235 Å². The minimum absolute atomic E-state index is 0.0686. The number of esters is 2. The summed E-state index contributed by atoms with van der Waals surface area (Å²) in [7, 11) is -4.34. The van der Waals surface area contributed by atoms with Gasteiger partial charge in [0.25, 0.3) is 10.1 Å². The number of rotatable bonds is 25. The summed E-state index contributed by atoms with van der Waals surface area (Å²) in [6.45, 7) is 8.25. The Morgan fingerprint density at radius 2 is 0.895 bits per heavy atom. The first-order valence-corrected chi connectivity index (χ1v) is 17.0. The molecule has 0 saturated carbocycles. The Morgan fingerprint density at radius 3 is 1.21 bits per heavy atom. The minimum Gasteiger partial charge on any atom is -0.466 e. The highest BCUT2D eigenvalue weighted by Crippen LogP contribution is 2.12. The van der Waals surface area contributed by atoms with Crippen molar-refractivity contribution < 1.29 is 32.0 Å². The highest BCUT2D eigenvalue weighted by Gasteiger charge is 2.27. The predicted octanol–water partition coefficient (Wildman–Crippen LogP) is 8.59. The van der Waals surface area contributed by atoms with Gasteiger partial charge in [-0.2, -0.15) is 8.42 Å². The van der Waals surface area contributed by atoms with Gasteiger partial charge in [-0.15, -0.1) is 0 Å². The van der Waals surface area contributed by atoms with E-state index in [-0.39, 0.29) is 12.6 Å². The molecule has 0 aliphatic heterocycles. The van der Waals surface area contributed by atoms with Crippen molar-refractivity contribution in [2.45, 2.75) is 168 Å². The van der Waals surface area contributed by atoms with Crippen LogP contribution in [0.2, 0.25) is 0 Å². The average molecular weight is 565 g/mol. The molecule has 0 fully saturated rings. The van der Waals surface area contributed by atoms with Crippen LogP contribution in [-0.2, 0) is 29.2 Å². The molecule has 0 spiro atoms. The summed E-state index contributed by atoms with van der Waals surface area (Å²) in [6, 6.07) is 0. The molecule has 1 N–H and O–H groups in total. The highest BCUT2D eigenvalue weighted by atomic mass is 32.2. The minimum atomic E-state index is -4.34. The maximum atomic E-state index is 11.3.